The van der Waals surface area contributed by atoms with E-state index in [4.69, 9.17) is 4.74 Å². The van der Waals surface area contributed by atoms with E-state index in [9.17, 15) is 9.50 Å². The summed E-state index contributed by atoms with van der Waals surface area (Å²) in [7, 11) is 1.45. The lowest BCUT2D eigenvalue weighted by Crippen LogP contribution is -2.29. The molecule has 0 saturated carbocycles. The monoisotopic (exact) mass is 241 g/mol. The van der Waals surface area contributed by atoms with Crippen LogP contribution in [-0.4, -0.2) is 24.4 Å². The molecular weight excluding hydrogens is 221 g/mol. The molecule has 0 aliphatic carbocycles. The van der Waals surface area contributed by atoms with E-state index in [1.54, 1.807) is 25.1 Å². The van der Waals surface area contributed by atoms with Crippen molar-refractivity contribution < 1.29 is 14.2 Å². The fourth-order valence-corrected chi connectivity index (χ4v) is 1.73. The Morgan fingerprint density at radius 3 is 2.71 bits per heavy atom. The molecule has 2 atom stereocenters. The number of aliphatic hydroxyl groups excluding tert-OH is 1. The van der Waals surface area contributed by atoms with Crippen LogP contribution in [0.25, 0.3) is 0 Å². The highest BCUT2D eigenvalue weighted by molar-refractivity contribution is 5.30. The molecule has 0 spiro atoms. The molecule has 1 rings (SSSR count). The average molecular weight is 241 g/mol. The van der Waals surface area contributed by atoms with Gasteiger partial charge in [-0.05, 0) is 26.3 Å². The number of nitrogens with one attached hydrogen (secondary N) is 1. The van der Waals surface area contributed by atoms with Crippen LogP contribution in [0.2, 0.25) is 0 Å². The summed E-state index contributed by atoms with van der Waals surface area (Å²) in [6.45, 7) is 4.13. The van der Waals surface area contributed by atoms with Gasteiger partial charge in [0.1, 0.15) is 0 Å². The topological polar surface area (TPSA) is 41.5 Å². The summed E-state index contributed by atoms with van der Waals surface area (Å²) in [6.07, 6.45) is 0.290. The van der Waals surface area contributed by atoms with Gasteiger partial charge in [-0.15, -0.1) is 0 Å². The van der Waals surface area contributed by atoms with Gasteiger partial charge in [0, 0.05) is 18.2 Å². The first-order valence-electron chi connectivity index (χ1n) is 5.77. The number of methoxy groups -OCH3 is 1. The van der Waals surface area contributed by atoms with E-state index in [2.05, 4.69) is 5.32 Å². The normalized spacial score (nSPS) is 14.4. The third-order valence-corrected chi connectivity index (χ3v) is 2.60. The molecule has 17 heavy (non-hydrogen) atoms. The third-order valence-electron chi connectivity index (χ3n) is 2.60. The van der Waals surface area contributed by atoms with Crippen LogP contribution in [0.15, 0.2) is 18.2 Å². The maximum atomic E-state index is 13.8. The van der Waals surface area contributed by atoms with Crippen LogP contribution >= 0.6 is 0 Å². The average Bonchev–Trinajstić information content (AvgIpc) is 2.27. The highest BCUT2D eigenvalue weighted by atomic mass is 19.1. The number of halogens is 1. The fraction of sp³-hybridized carbons (Fsp3) is 0.538. The molecule has 2 N–H and O–H groups in total. The predicted octanol–water partition coefficient (Wildman–Crippen LogP) is 2.08. The summed E-state index contributed by atoms with van der Waals surface area (Å²) >= 11 is 0. The van der Waals surface area contributed by atoms with Crippen LogP contribution in [0.4, 0.5) is 4.39 Å². The Hall–Kier alpha value is -1.13. The van der Waals surface area contributed by atoms with Crippen molar-refractivity contribution in [3.63, 3.8) is 0 Å². The van der Waals surface area contributed by atoms with Crippen molar-refractivity contribution in [1.82, 2.24) is 5.32 Å². The lowest BCUT2D eigenvalue weighted by Gasteiger charge is -2.16. The van der Waals surface area contributed by atoms with Gasteiger partial charge in [-0.3, -0.25) is 0 Å². The fourth-order valence-electron chi connectivity index (χ4n) is 1.73. The standard InChI is InChI=1S/C13H20FNO2/c1-9(7-10(2)16)15-8-11-5-4-6-12(17-3)13(11)14/h4-6,9-10,15-16H,7-8H2,1-3H3. The highest BCUT2D eigenvalue weighted by Crippen LogP contribution is 2.19. The second-order valence-corrected chi connectivity index (χ2v) is 4.30. The van der Waals surface area contributed by atoms with Crippen molar-refractivity contribution in [2.45, 2.75) is 39.0 Å². The van der Waals surface area contributed by atoms with E-state index in [1.807, 2.05) is 6.92 Å². The van der Waals surface area contributed by atoms with Gasteiger partial charge in [-0.2, -0.15) is 0 Å². The van der Waals surface area contributed by atoms with Gasteiger partial charge in [0.15, 0.2) is 11.6 Å². The molecule has 0 radical (unpaired) electrons. The molecule has 0 bridgehead atoms. The lowest BCUT2D eigenvalue weighted by molar-refractivity contribution is 0.170. The maximum Gasteiger partial charge on any atom is 0.169 e. The minimum atomic E-state index is -0.354. The lowest BCUT2D eigenvalue weighted by atomic mass is 10.1. The minimum absolute atomic E-state index is 0.139. The largest absolute Gasteiger partial charge is 0.494 e. The Kier molecular flexibility index (Phi) is 5.38. The van der Waals surface area contributed by atoms with E-state index >= 15 is 0 Å². The molecule has 0 aromatic heterocycles. The second-order valence-electron chi connectivity index (χ2n) is 4.30. The van der Waals surface area contributed by atoms with Crippen molar-refractivity contribution in [3.05, 3.63) is 29.6 Å². The number of benzene rings is 1. The minimum Gasteiger partial charge on any atom is -0.494 e. The molecule has 1 aromatic rings. The van der Waals surface area contributed by atoms with Gasteiger partial charge in [-0.1, -0.05) is 12.1 Å². The van der Waals surface area contributed by atoms with Crippen LogP contribution in [0, 0.1) is 5.82 Å². The quantitative estimate of drug-likeness (QED) is 0.801. The summed E-state index contributed by atoms with van der Waals surface area (Å²) in [4.78, 5) is 0. The van der Waals surface area contributed by atoms with Crippen LogP contribution < -0.4 is 10.1 Å². The Labute approximate surface area is 102 Å². The van der Waals surface area contributed by atoms with E-state index in [1.165, 1.54) is 7.11 Å². The molecule has 0 aliphatic rings. The first kappa shape index (κ1) is 13.9. The Morgan fingerprint density at radius 1 is 1.41 bits per heavy atom. The van der Waals surface area contributed by atoms with Crippen molar-refractivity contribution in [2.24, 2.45) is 0 Å². The molecule has 96 valence electrons. The van der Waals surface area contributed by atoms with Crippen LogP contribution in [0.3, 0.4) is 0 Å². The van der Waals surface area contributed by atoms with Gasteiger partial charge in [0.05, 0.1) is 13.2 Å². The zero-order valence-electron chi connectivity index (χ0n) is 10.5. The Bertz CT molecular complexity index is 355. The third kappa shape index (κ3) is 4.32. The second kappa shape index (κ2) is 6.57. The summed E-state index contributed by atoms with van der Waals surface area (Å²) in [5.74, 6) is -0.0702. The zero-order valence-corrected chi connectivity index (χ0v) is 10.5. The van der Waals surface area contributed by atoms with E-state index in [0.29, 0.717) is 18.5 Å². The van der Waals surface area contributed by atoms with Gasteiger partial charge in [-0.25, -0.2) is 4.39 Å². The molecule has 2 unspecified atom stereocenters. The van der Waals surface area contributed by atoms with Gasteiger partial charge in [0.2, 0.25) is 0 Å². The maximum absolute atomic E-state index is 13.8. The van der Waals surface area contributed by atoms with E-state index < -0.39 is 0 Å². The molecule has 0 saturated heterocycles. The predicted molar refractivity (Wildman–Crippen MR) is 65.6 cm³/mol. The molecule has 3 nitrogen and oxygen atoms in total. The van der Waals surface area contributed by atoms with E-state index in [0.717, 1.165) is 0 Å². The van der Waals surface area contributed by atoms with Gasteiger partial charge < -0.3 is 15.2 Å². The van der Waals surface area contributed by atoms with Crippen LogP contribution in [0.5, 0.6) is 5.75 Å². The van der Waals surface area contributed by atoms with Crippen molar-refractivity contribution in [1.29, 1.82) is 0 Å². The molecule has 0 amide bonds. The summed E-state index contributed by atoms with van der Waals surface area (Å²) < 4.78 is 18.7. The number of rotatable bonds is 6. The van der Waals surface area contributed by atoms with Crippen molar-refractivity contribution >= 4 is 0 Å². The molecule has 0 aliphatic heterocycles. The molecular formula is C13H20FNO2. The van der Waals surface area contributed by atoms with E-state index in [-0.39, 0.29) is 23.7 Å². The number of hydrogen-bond acceptors (Lipinski definition) is 3. The van der Waals surface area contributed by atoms with Crippen LogP contribution in [0.1, 0.15) is 25.8 Å². The number of ether oxygens (including phenoxy) is 1. The molecule has 0 heterocycles. The van der Waals surface area contributed by atoms with Gasteiger partial charge >= 0.3 is 0 Å². The summed E-state index contributed by atoms with van der Waals surface area (Å²) in [6, 6.07) is 5.22. The highest BCUT2D eigenvalue weighted by Gasteiger charge is 2.10. The number of hydrogen-bond donors (Lipinski definition) is 2. The summed E-state index contributed by atoms with van der Waals surface area (Å²) in [5, 5.41) is 12.4. The number of aliphatic hydroxyl groups is 1. The summed E-state index contributed by atoms with van der Waals surface area (Å²) in [5.41, 5.74) is 0.571. The molecule has 1 aromatic carbocycles. The first-order chi connectivity index (χ1) is 8.04. The van der Waals surface area contributed by atoms with Crippen molar-refractivity contribution in [2.75, 3.05) is 7.11 Å². The van der Waals surface area contributed by atoms with Gasteiger partial charge in [0.25, 0.3) is 0 Å². The van der Waals surface area contributed by atoms with Crippen LogP contribution in [-0.2, 0) is 6.54 Å². The Balaban J connectivity index is 2.57. The first-order valence-corrected chi connectivity index (χ1v) is 5.77. The Morgan fingerprint density at radius 2 is 2.12 bits per heavy atom. The molecule has 4 heteroatoms. The van der Waals surface area contributed by atoms with Crippen molar-refractivity contribution in [3.8, 4) is 5.75 Å². The smallest absolute Gasteiger partial charge is 0.169 e. The SMILES string of the molecule is COc1cccc(CNC(C)CC(C)O)c1F. The zero-order chi connectivity index (χ0) is 12.8. The molecule has 0 fully saturated rings.